The molecule has 2 aromatic heterocycles. The number of aryl methyl sites for hydroxylation is 3. The van der Waals surface area contributed by atoms with Crippen LogP contribution in [0.5, 0.6) is 0 Å². The van der Waals surface area contributed by atoms with Crippen LogP contribution in [0.15, 0.2) is 0 Å². The number of aromatic nitrogens is 4. The number of likely N-dealkylation sites (N-methyl/N-ethyl adjacent to an activating group) is 1. The van der Waals surface area contributed by atoms with Crippen molar-refractivity contribution in [2.24, 2.45) is 0 Å². The molecule has 2 aromatic rings. The van der Waals surface area contributed by atoms with Crippen molar-refractivity contribution in [3.05, 3.63) is 27.0 Å². The summed E-state index contributed by atoms with van der Waals surface area (Å²) in [4.78, 5) is 1.19. The molecule has 0 aliphatic heterocycles. The second-order valence-electron chi connectivity index (χ2n) is 4.86. The molecule has 1 unspecified atom stereocenters. The maximum absolute atomic E-state index is 6.51. The minimum atomic E-state index is 0.171. The highest BCUT2D eigenvalue weighted by molar-refractivity contribution is 7.05. The second kappa shape index (κ2) is 7.33. The Bertz CT molecular complexity index is 592. The summed E-state index contributed by atoms with van der Waals surface area (Å²) in [6, 6.07) is 0.171. The quantitative estimate of drug-likeness (QED) is 0.849. The molecule has 7 heteroatoms. The van der Waals surface area contributed by atoms with Crippen LogP contribution < -0.4 is 5.32 Å². The molecule has 0 fully saturated rings. The van der Waals surface area contributed by atoms with Crippen molar-refractivity contribution in [1.29, 1.82) is 0 Å². The van der Waals surface area contributed by atoms with Gasteiger partial charge in [0, 0.05) is 13.0 Å². The number of nitrogens with zero attached hydrogens (tertiary/aromatic N) is 4. The van der Waals surface area contributed by atoms with E-state index in [1.54, 1.807) is 0 Å². The zero-order valence-electron chi connectivity index (χ0n) is 13.0. The van der Waals surface area contributed by atoms with Crippen molar-refractivity contribution < 1.29 is 0 Å². The van der Waals surface area contributed by atoms with Crippen molar-refractivity contribution in [1.82, 2.24) is 24.7 Å². The number of rotatable bonds is 7. The second-order valence-corrected chi connectivity index (χ2v) is 6.02. The van der Waals surface area contributed by atoms with Crippen molar-refractivity contribution in [3.8, 4) is 0 Å². The Morgan fingerprint density at radius 3 is 2.52 bits per heavy atom. The summed E-state index contributed by atoms with van der Waals surface area (Å²) >= 11 is 7.97. The fraction of sp³-hybridized carbons (Fsp3) is 0.643. The Labute approximate surface area is 134 Å². The normalized spacial score (nSPS) is 12.8. The van der Waals surface area contributed by atoms with Crippen LogP contribution in [-0.2, 0) is 25.8 Å². The molecule has 0 aliphatic rings. The highest BCUT2D eigenvalue weighted by atomic mass is 35.5. The van der Waals surface area contributed by atoms with E-state index in [9.17, 15) is 0 Å². The third kappa shape index (κ3) is 3.27. The molecule has 1 atom stereocenters. The van der Waals surface area contributed by atoms with E-state index >= 15 is 0 Å². The predicted octanol–water partition coefficient (Wildman–Crippen LogP) is 3.04. The maximum atomic E-state index is 6.51. The summed E-state index contributed by atoms with van der Waals surface area (Å²) in [7, 11) is 1.96. The van der Waals surface area contributed by atoms with E-state index in [1.165, 1.54) is 16.4 Å². The highest BCUT2D eigenvalue weighted by Crippen LogP contribution is 2.29. The van der Waals surface area contributed by atoms with Gasteiger partial charge in [0.15, 0.2) is 0 Å². The van der Waals surface area contributed by atoms with Crippen LogP contribution in [0.25, 0.3) is 0 Å². The Kier molecular flexibility index (Phi) is 5.72. The first-order valence-corrected chi connectivity index (χ1v) is 8.53. The van der Waals surface area contributed by atoms with E-state index < -0.39 is 0 Å². The van der Waals surface area contributed by atoms with Crippen molar-refractivity contribution in [2.45, 2.75) is 52.6 Å². The van der Waals surface area contributed by atoms with Crippen molar-refractivity contribution >= 4 is 23.1 Å². The average molecular weight is 328 g/mol. The lowest BCUT2D eigenvalue weighted by Crippen LogP contribution is -2.21. The molecule has 116 valence electrons. The molecule has 0 amide bonds. The molecular formula is C14H22ClN5S. The van der Waals surface area contributed by atoms with Crippen LogP contribution in [-0.4, -0.2) is 26.4 Å². The summed E-state index contributed by atoms with van der Waals surface area (Å²) in [5.74, 6) is 0. The van der Waals surface area contributed by atoms with Gasteiger partial charge in [-0.15, -0.1) is 5.10 Å². The summed E-state index contributed by atoms with van der Waals surface area (Å²) < 4.78 is 6.09. The first-order valence-electron chi connectivity index (χ1n) is 7.38. The van der Waals surface area contributed by atoms with Gasteiger partial charge < -0.3 is 5.32 Å². The zero-order valence-corrected chi connectivity index (χ0v) is 14.6. The number of halogens is 1. The van der Waals surface area contributed by atoms with Gasteiger partial charge in [0.2, 0.25) is 0 Å². The molecule has 0 aliphatic carbocycles. The van der Waals surface area contributed by atoms with Crippen LogP contribution >= 0.6 is 23.1 Å². The maximum Gasteiger partial charge on any atom is 0.0850 e. The van der Waals surface area contributed by atoms with Crippen LogP contribution in [0.1, 0.15) is 48.8 Å². The fourth-order valence-corrected chi connectivity index (χ4v) is 3.65. The lowest BCUT2D eigenvalue weighted by molar-refractivity contribution is 0.542. The molecule has 0 saturated carbocycles. The summed E-state index contributed by atoms with van der Waals surface area (Å²) in [6.07, 6.45) is 2.55. The topological polar surface area (TPSA) is 55.6 Å². The van der Waals surface area contributed by atoms with Gasteiger partial charge in [-0.2, -0.15) is 5.10 Å². The molecule has 0 saturated heterocycles. The van der Waals surface area contributed by atoms with E-state index in [0.717, 1.165) is 47.9 Å². The van der Waals surface area contributed by atoms with E-state index in [2.05, 4.69) is 40.8 Å². The SMILES string of the molecule is CCc1nnsc1C(Cc1c(Cl)c(CC)nn1CC)NC. The highest BCUT2D eigenvalue weighted by Gasteiger charge is 2.22. The molecule has 5 nitrogen and oxygen atoms in total. The van der Waals surface area contributed by atoms with Crippen molar-refractivity contribution in [2.75, 3.05) is 7.05 Å². The smallest absolute Gasteiger partial charge is 0.0850 e. The van der Waals surface area contributed by atoms with Gasteiger partial charge in [-0.3, -0.25) is 4.68 Å². The number of hydrogen-bond acceptors (Lipinski definition) is 5. The van der Waals surface area contributed by atoms with Crippen LogP contribution in [0, 0.1) is 0 Å². The summed E-state index contributed by atoms with van der Waals surface area (Å²) in [6.45, 7) is 7.10. The molecule has 0 bridgehead atoms. The first kappa shape index (κ1) is 16.4. The van der Waals surface area contributed by atoms with Crippen LogP contribution in [0.2, 0.25) is 5.02 Å². The van der Waals surface area contributed by atoms with Gasteiger partial charge >= 0.3 is 0 Å². The van der Waals surface area contributed by atoms with Crippen LogP contribution in [0.4, 0.5) is 0 Å². The van der Waals surface area contributed by atoms with Gasteiger partial charge in [0.25, 0.3) is 0 Å². The third-order valence-corrected chi connectivity index (χ3v) is 4.99. The Hall–Kier alpha value is -0.980. The minimum Gasteiger partial charge on any atom is -0.312 e. The largest absolute Gasteiger partial charge is 0.312 e. The van der Waals surface area contributed by atoms with E-state index in [-0.39, 0.29) is 6.04 Å². The Balaban J connectivity index is 2.33. The number of nitrogens with one attached hydrogen (secondary N) is 1. The average Bonchev–Trinajstić information content (AvgIpc) is 3.09. The molecular weight excluding hydrogens is 306 g/mol. The fourth-order valence-electron chi connectivity index (χ4n) is 2.46. The van der Waals surface area contributed by atoms with Gasteiger partial charge in [0.1, 0.15) is 0 Å². The lowest BCUT2D eigenvalue weighted by Gasteiger charge is -2.16. The minimum absolute atomic E-state index is 0.171. The van der Waals surface area contributed by atoms with Gasteiger partial charge in [-0.1, -0.05) is 29.9 Å². The van der Waals surface area contributed by atoms with Crippen molar-refractivity contribution in [3.63, 3.8) is 0 Å². The van der Waals surface area contributed by atoms with Crippen LogP contribution in [0.3, 0.4) is 0 Å². The molecule has 0 spiro atoms. The third-order valence-electron chi connectivity index (χ3n) is 3.68. The Morgan fingerprint density at radius 1 is 1.24 bits per heavy atom. The molecule has 1 N–H and O–H groups in total. The Morgan fingerprint density at radius 2 is 1.95 bits per heavy atom. The van der Waals surface area contributed by atoms with Gasteiger partial charge in [-0.25, -0.2) is 0 Å². The molecule has 0 aromatic carbocycles. The van der Waals surface area contributed by atoms with E-state index in [0.29, 0.717) is 0 Å². The first-order chi connectivity index (χ1) is 10.2. The summed E-state index contributed by atoms with van der Waals surface area (Å²) in [5.41, 5.74) is 3.13. The molecule has 2 rings (SSSR count). The number of hydrogen-bond donors (Lipinski definition) is 1. The van der Waals surface area contributed by atoms with E-state index in [1.807, 2.05) is 11.7 Å². The monoisotopic (exact) mass is 327 g/mol. The van der Waals surface area contributed by atoms with E-state index in [4.69, 9.17) is 11.6 Å². The molecule has 0 radical (unpaired) electrons. The predicted molar refractivity (Wildman–Crippen MR) is 87.1 cm³/mol. The molecule has 21 heavy (non-hydrogen) atoms. The lowest BCUT2D eigenvalue weighted by atomic mass is 10.1. The van der Waals surface area contributed by atoms with Gasteiger partial charge in [-0.05, 0) is 38.3 Å². The summed E-state index contributed by atoms with van der Waals surface area (Å²) in [5, 5.41) is 13.0. The van der Waals surface area contributed by atoms with Gasteiger partial charge in [0.05, 0.1) is 33.0 Å². The zero-order chi connectivity index (χ0) is 15.4. The molecule has 2 heterocycles. The standard InChI is InChI=1S/C14H22ClN5S/c1-5-9-13(15)12(20(7-3)18-9)8-11(16-4)14-10(6-2)17-19-21-14/h11,16H,5-8H2,1-4H3.